The standard InChI is InChI=1S/C27H29N3O2S/c1-31-19-18-30-26(28-29-27(30)33-20-10-13-22-11-4-2-5-12-22)21-32-25-17-9-8-16-24(25)23-14-6-3-7-15-23/h2-9,11-12,14-17H,10,13,18-21H2,1H3. The Morgan fingerprint density at radius 3 is 2.36 bits per heavy atom. The predicted octanol–water partition coefficient (Wildman–Crippen LogP) is 5.90. The van der Waals surface area contributed by atoms with Gasteiger partial charge < -0.3 is 14.0 Å². The van der Waals surface area contributed by atoms with Crippen LogP contribution in [0.1, 0.15) is 17.8 Å². The SMILES string of the molecule is COCCn1c(COc2ccccc2-c2ccccc2)nnc1SCCCc1ccccc1. The van der Waals surface area contributed by atoms with Crippen LogP contribution in [0.3, 0.4) is 0 Å². The van der Waals surface area contributed by atoms with Crippen molar-refractivity contribution in [2.45, 2.75) is 31.1 Å². The van der Waals surface area contributed by atoms with Gasteiger partial charge in [-0.2, -0.15) is 0 Å². The van der Waals surface area contributed by atoms with E-state index in [0.717, 1.165) is 46.5 Å². The topological polar surface area (TPSA) is 49.2 Å². The molecule has 1 aromatic heterocycles. The molecule has 6 heteroatoms. The fourth-order valence-electron chi connectivity index (χ4n) is 3.62. The molecule has 0 bridgehead atoms. The largest absolute Gasteiger partial charge is 0.485 e. The highest BCUT2D eigenvalue weighted by Crippen LogP contribution is 2.30. The number of ether oxygens (including phenoxy) is 2. The Balaban J connectivity index is 1.41. The molecule has 0 fully saturated rings. The molecule has 0 atom stereocenters. The highest BCUT2D eigenvalue weighted by molar-refractivity contribution is 7.99. The molecule has 0 aliphatic rings. The monoisotopic (exact) mass is 459 g/mol. The van der Waals surface area contributed by atoms with E-state index in [1.807, 2.05) is 36.4 Å². The number of hydrogen-bond acceptors (Lipinski definition) is 5. The molecule has 0 radical (unpaired) electrons. The van der Waals surface area contributed by atoms with Crippen LogP contribution in [-0.4, -0.2) is 34.2 Å². The number of aryl methyl sites for hydroxylation is 1. The van der Waals surface area contributed by atoms with Gasteiger partial charge in [-0.3, -0.25) is 0 Å². The van der Waals surface area contributed by atoms with Crippen LogP contribution in [0, 0.1) is 0 Å². The lowest BCUT2D eigenvalue weighted by atomic mass is 10.1. The zero-order valence-corrected chi connectivity index (χ0v) is 19.7. The van der Waals surface area contributed by atoms with Gasteiger partial charge >= 0.3 is 0 Å². The quantitative estimate of drug-likeness (QED) is 0.195. The molecule has 0 aliphatic heterocycles. The number of thioether (sulfide) groups is 1. The normalized spacial score (nSPS) is 10.9. The first kappa shape index (κ1) is 23.1. The Morgan fingerprint density at radius 1 is 0.848 bits per heavy atom. The van der Waals surface area contributed by atoms with E-state index >= 15 is 0 Å². The number of aromatic nitrogens is 3. The maximum Gasteiger partial charge on any atom is 0.191 e. The molecule has 0 aliphatic carbocycles. The van der Waals surface area contributed by atoms with Crippen LogP contribution >= 0.6 is 11.8 Å². The van der Waals surface area contributed by atoms with Crippen molar-refractivity contribution in [1.82, 2.24) is 14.8 Å². The van der Waals surface area contributed by atoms with Gasteiger partial charge in [-0.15, -0.1) is 10.2 Å². The summed E-state index contributed by atoms with van der Waals surface area (Å²) in [7, 11) is 1.71. The average Bonchev–Trinajstić information content (AvgIpc) is 3.26. The second kappa shape index (κ2) is 12.2. The molecule has 4 rings (SSSR count). The number of methoxy groups -OCH3 is 1. The van der Waals surface area contributed by atoms with Crippen molar-refractivity contribution in [3.63, 3.8) is 0 Å². The summed E-state index contributed by atoms with van der Waals surface area (Å²) in [5.74, 6) is 2.63. The van der Waals surface area contributed by atoms with Crippen molar-refractivity contribution in [2.24, 2.45) is 0 Å². The maximum atomic E-state index is 6.22. The van der Waals surface area contributed by atoms with E-state index in [2.05, 4.69) is 63.3 Å². The van der Waals surface area contributed by atoms with E-state index < -0.39 is 0 Å². The molecular formula is C27H29N3O2S. The number of benzene rings is 3. The van der Waals surface area contributed by atoms with Crippen molar-refractivity contribution < 1.29 is 9.47 Å². The molecule has 0 saturated carbocycles. The average molecular weight is 460 g/mol. The minimum atomic E-state index is 0.352. The molecule has 3 aromatic carbocycles. The van der Waals surface area contributed by atoms with Crippen molar-refractivity contribution >= 4 is 11.8 Å². The van der Waals surface area contributed by atoms with Crippen LogP contribution in [0.25, 0.3) is 11.1 Å². The molecule has 33 heavy (non-hydrogen) atoms. The van der Waals surface area contributed by atoms with Gasteiger partial charge in [0, 0.05) is 25.0 Å². The Bertz CT molecular complexity index is 1120. The van der Waals surface area contributed by atoms with Gasteiger partial charge in [-0.1, -0.05) is 90.6 Å². The summed E-state index contributed by atoms with van der Waals surface area (Å²) in [4.78, 5) is 0. The van der Waals surface area contributed by atoms with Gasteiger partial charge in [0.1, 0.15) is 12.4 Å². The van der Waals surface area contributed by atoms with E-state index in [-0.39, 0.29) is 0 Å². The van der Waals surface area contributed by atoms with Crippen LogP contribution in [-0.2, 0) is 24.3 Å². The lowest BCUT2D eigenvalue weighted by Crippen LogP contribution is -2.12. The van der Waals surface area contributed by atoms with Gasteiger partial charge in [0.25, 0.3) is 0 Å². The summed E-state index contributed by atoms with van der Waals surface area (Å²) in [6.45, 7) is 1.65. The zero-order chi connectivity index (χ0) is 22.7. The third-order valence-corrected chi connectivity index (χ3v) is 6.38. The van der Waals surface area contributed by atoms with E-state index in [4.69, 9.17) is 9.47 Å². The maximum absolute atomic E-state index is 6.22. The smallest absolute Gasteiger partial charge is 0.191 e. The molecule has 0 spiro atoms. The van der Waals surface area contributed by atoms with E-state index in [0.29, 0.717) is 19.8 Å². The predicted molar refractivity (Wildman–Crippen MR) is 134 cm³/mol. The summed E-state index contributed by atoms with van der Waals surface area (Å²) < 4.78 is 13.7. The van der Waals surface area contributed by atoms with Crippen LogP contribution in [0.15, 0.2) is 90.1 Å². The summed E-state index contributed by atoms with van der Waals surface area (Å²) in [5.41, 5.74) is 3.56. The molecule has 4 aromatic rings. The fraction of sp³-hybridized carbons (Fsp3) is 0.259. The van der Waals surface area contributed by atoms with E-state index in [9.17, 15) is 0 Å². The molecule has 0 saturated heterocycles. The molecule has 0 amide bonds. The summed E-state index contributed by atoms with van der Waals surface area (Å²) in [6.07, 6.45) is 2.15. The van der Waals surface area contributed by atoms with Crippen molar-refractivity contribution in [2.75, 3.05) is 19.5 Å². The van der Waals surface area contributed by atoms with Gasteiger partial charge in [0.15, 0.2) is 11.0 Å². The number of nitrogens with zero attached hydrogens (tertiary/aromatic N) is 3. The zero-order valence-electron chi connectivity index (χ0n) is 18.9. The summed E-state index contributed by atoms with van der Waals surface area (Å²) >= 11 is 1.74. The summed E-state index contributed by atoms with van der Waals surface area (Å²) in [6, 6.07) is 29.0. The van der Waals surface area contributed by atoms with Crippen molar-refractivity contribution in [3.8, 4) is 16.9 Å². The highest BCUT2D eigenvalue weighted by atomic mass is 32.2. The first-order valence-corrected chi connectivity index (χ1v) is 12.2. The number of hydrogen-bond donors (Lipinski definition) is 0. The minimum absolute atomic E-state index is 0.352. The van der Waals surface area contributed by atoms with Gasteiger partial charge in [-0.25, -0.2) is 0 Å². The Morgan fingerprint density at radius 2 is 1.58 bits per heavy atom. The van der Waals surface area contributed by atoms with Crippen molar-refractivity contribution in [3.05, 3.63) is 96.3 Å². The third kappa shape index (κ3) is 6.46. The van der Waals surface area contributed by atoms with E-state index in [1.54, 1.807) is 18.9 Å². The lowest BCUT2D eigenvalue weighted by Gasteiger charge is -2.13. The third-order valence-electron chi connectivity index (χ3n) is 5.32. The van der Waals surface area contributed by atoms with Gasteiger partial charge in [0.05, 0.1) is 6.61 Å². The lowest BCUT2D eigenvalue weighted by molar-refractivity contribution is 0.181. The van der Waals surface area contributed by atoms with Gasteiger partial charge in [-0.05, 0) is 30.0 Å². The Labute approximate surface area is 199 Å². The molecule has 0 N–H and O–H groups in total. The second-order valence-electron chi connectivity index (χ2n) is 7.63. The first-order valence-electron chi connectivity index (χ1n) is 11.2. The van der Waals surface area contributed by atoms with Crippen molar-refractivity contribution in [1.29, 1.82) is 0 Å². The number of rotatable bonds is 12. The van der Waals surface area contributed by atoms with Crippen LogP contribution in [0.5, 0.6) is 5.75 Å². The minimum Gasteiger partial charge on any atom is -0.485 e. The van der Waals surface area contributed by atoms with Crippen LogP contribution in [0.2, 0.25) is 0 Å². The molecule has 1 heterocycles. The van der Waals surface area contributed by atoms with Crippen LogP contribution in [0.4, 0.5) is 0 Å². The first-order chi connectivity index (χ1) is 16.3. The van der Waals surface area contributed by atoms with Crippen LogP contribution < -0.4 is 4.74 Å². The Kier molecular flexibility index (Phi) is 8.55. The molecule has 170 valence electrons. The molecule has 5 nitrogen and oxygen atoms in total. The second-order valence-corrected chi connectivity index (χ2v) is 8.69. The Hall–Kier alpha value is -3.09. The summed E-state index contributed by atoms with van der Waals surface area (Å²) in [5, 5.41) is 9.79. The number of para-hydroxylation sites is 1. The fourth-order valence-corrected chi connectivity index (χ4v) is 4.54. The molecular weight excluding hydrogens is 430 g/mol. The van der Waals surface area contributed by atoms with Gasteiger partial charge in [0.2, 0.25) is 0 Å². The van der Waals surface area contributed by atoms with E-state index in [1.165, 1.54) is 5.56 Å². The molecule has 0 unspecified atom stereocenters. The highest BCUT2D eigenvalue weighted by Gasteiger charge is 2.14.